The Balaban J connectivity index is 1.40. The van der Waals surface area contributed by atoms with Gasteiger partial charge in [-0.15, -0.1) is 0 Å². The van der Waals surface area contributed by atoms with E-state index in [1.807, 2.05) is 4.90 Å². The third kappa shape index (κ3) is 5.14. The number of nitrogens with one attached hydrogen (secondary N) is 2. The molecule has 1 saturated heterocycles. The second-order valence-electron chi connectivity index (χ2n) is 6.23. The van der Waals surface area contributed by atoms with Gasteiger partial charge in [0.05, 0.1) is 11.6 Å². The number of rotatable bonds is 4. The lowest BCUT2D eigenvalue weighted by molar-refractivity contribution is -0.147. The summed E-state index contributed by atoms with van der Waals surface area (Å²) >= 11 is 5.75. The highest BCUT2D eigenvalue weighted by molar-refractivity contribution is 6.35. The fraction of sp³-hybridized carbons (Fsp3) is 0.500. The van der Waals surface area contributed by atoms with E-state index in [-0.39, 0.29) is 18.5 Å². The van der Waals surface area contributed by atoms with Crippen LogP contribution in [0.4, 0.5) is 5.82 Å². The van der Waals surface area contributed by atoms with Gasteiger partial charge >= 0.3 is 11.8 Å². The van der Waals surface area contributed by atoms with Crippen LogP contribution in [0.3, 0.4) is 0 Å². The van der Waals surface area contributed by atoms with Gasteiger partial charge in [0.2, 0.25) is 5.91 Å². The second kappa shape index (κ2) is 7.79. The SMILES string of the molecule is O=C(CN1CCN(C(=O)C(=O)NC2CC2)CC1)Nc1ccc(Cl)cn1. The smallest absolute Gasteiger partial charge is 0.311 e. The lowest BCUT2D eigenvalue weighted by atomic mass is 10.3. The number of hydrogen-bond acceptors (Lipinski definition) is 5. The van der Waals surface area contributed by atoms with Crippen molar-refractivity contribution in [1.82, 2.24) is 20.1 Å². The van der Waals surface area contributed by atoms with Gasteiger partial charge in [0, 0.05) is 38.4 Å². The Morgan fingerprint density at radius 3 is 2.48 bits per heavy atom. The number of aromatic nitrogens is 1. The summed E-state index contributed by atoms with van der Waals surface area (Å²) in [5, 5.41) is 5.91. The summed E-state index contributed by atoms with van der Waals surface area (Å²) in [7, 11) is 0. The normalized spacial score (nSPS) is 17.9. The van der Waals surface area contributed by atoms with Crippen LogP contribution in [0.5, 0.6) is 0 Å². The summed E-state index contributed by atoms with van der Waals surface area (Å²) in [6.07, 6.45) is 3.36. The molecule has 25 heavy (non-hydrogen) atoms. The van der Waals surface area contributed by atoms with Crippen LogP contribution in [0.25, 0.3) is 0 Å². The molecule has 1 aromatic heterocycles. The number of anilines is 1. The fourth-order valence-electron chi connectivity index (χ4n) is 2.56. The third-order valence-electron chi connectivity index (χ3n) is 4.13. The van der Waals surface area contributed by atoms with Crippen molar-refractivity contribution in [2.24, 2.45) is 0 Å². The number of halogens is 1. The molecule has 1 aliphatic carbocycles. The summed E-state index contributed by atoms with van der Waals surface area (Å²) in [5.41, 5.74) is 0. The number of piperazine rings is 1. The molecule has 0 aromatic carbocycles. The maximum atomic E-state index is 12.1. The highest BCUT2D eigenvalue weighted by Crippen LogP contribution is 2.18. The Hall–Kier alpha value is -2.19. The van der Waals surface area contributed by atoms with Crippen molar-refractivity contribution in [1.29, 1.82) is 0 Å². The van der Waals surface area contributed by atoms with Crippen molar-refractivity contribution in [3.63, 3.8) is 0 Å². The summed E-state index contributed by atoms with van der Waals surface area (Å²) in [4.78, 5) is 43.4. The van der Waals surface area contributed by atoms with Gasteiger partial charge in [-0.25, -0.2) is 4.98 Å². The standard InChI is InChI=1S/C16H20ClN5O3/c17-11-1-4-13(18-9-11)20-14(23)10-21-5-7-22(8-6-21)16(25)15(24)19-12-2-3-12/h1,4,9,12H,2-3,5-8,10H2,(H,19,24)(H,18,20,23). The first-order valence-electron chi connectivity index (χ1n) is 8.25. The van der Waals surface area contributed by atoms with Crippen LogP contribution in [0.1, 0.15) is 12.8 Å². The van der Waals surface area contributed by atoms with Crippen LogP contribution < -0.4 is 10.6 Å². The van der Waals surface area contributed by atoms with E-state index >= 15 is 0 Å². The molecule has 2 aliphatic rings. The maximum absolute atomic E-state index is 12.1. The second-order valence-corrected chi connectivity index (χ2v) is 6.66. The molecule has 1 saturated carbocycles. The maximum Gasteiger partial charge on any atom is 0.311 e. The van der Waals surface area contributed by atoms with Crippen molar-refractivity contribution in [2.45, 2.75) is 18.9 Å². The van der Waals surface area contributed by atoms with Gasteiger partial charge in [-0.2, -0.15) is 0 Å². The topological polar surface area (TPSA) is 94.6 Å². The predicted molar refractivity (Wildman–Crippen MR) is 92.1 cm³/mol. The molecule has 8 nitrogen and oxygen atoms in total. The summed E-state index contributed by atoms with van der Waals surface area (Å²) < 4.78 is 0. The van der Waals surface area contributed by atoms with Gasteiger partial charge in [-0.05, 0) is 25.0 Å². The molecular formula is C16H20ClN5O3. The first-order chi connectivity index (χ1) is 12.0. The van der Waals surface area contributed by atoms with Gasteiger partial charge in [-0.1, -0.05) is 11.6 Å². The summed E-state index contributed by atoms with van der Waals surface area (Å²) in [5.74, 6) is -0.745. The molecule has 0 unspecified atom stereocenters. The number of nitrogens with zero attached hydrogens (tertiary/aromatic N) is 3. The van der Waals surface area contributed by atoms with Gasteiger partial charge in [0.25, 0.3) is 0 Å². The van der Waals surface area contributed by atoms with Crippen molar-refractivity contribution >= 4 is 35.1 Å². The molecule has 1 aromatic rings. The Labute approximate surface area is 150 Å². The van der Waals surface area contributed by atoms with Crippen LogP contribution >= 0.6 is 11.6 Å². The number of hydrogen-bond donors (Lipinski definition) is 2. The lowest BCUT2D eigenvalue weighted by Crippen LogP contribution is -2.53. The molecule has 9 heteroatoms. The molecule has 2 heterocycles. The van der Waals surface area contributed by atoms with Crippen LogP contribution in [-0.4, -0.2) is 71.3 Å². The minimum absolute atomic E-state index is 0.169. The van der Waals surface area contributed by atoms with Gasteiger partial charge < -0.3 is 15.5 Å². The lowest BCUT2D eigenvalue weighted by Gasteiger charge is -2.33. The third-order valence-corrected chi connectivity index (χ3v) is 4.35. The van der Waals surface area contributed by atoms with E-state index in [1.165, 1.54) is 11.1 Å². The van der Waals surface area contributed by atoms with Crippen molar-refractivity contribution in [3.05, 3.63) is 23.4 Å². The van der Waals surface area contributed by atoms with E-state index in [0.29, 0.717) is 37.0 Å². The van der Waals surface area contributed by atoms with E-state index in [2.05, 4.69) is 15.6 Å². The first kappa shape index (κ1) is 17.6. The average Bonchev–Trinajstić information content (AvgIpc) is 3.41. The predicted octanol–water partition coefficient (Wildman–Crippen LogP) is 0.0963. The highest BCUT2D eigenvalue weighted by Gasteiger charge is 2.30. The number of amides is 3. The Bertz CT molecular complexity index is 654. The van der Waals surface area contributed by atoms with Crippen molar-refractivity contribution < 1.29 is 14.4 Å². The molecule has 2 N–H and O–H groups in total. The zero-order valence-electron chi connectivity index (χ0n) is 13.7. The van der Waals surface area contributed by atoms with Crippen molar-refractivity contribution in [2.75, 3.05) is 38.0 Å². The quantitative estimate of drug-likeness (QED) is 0.738. The molecule has 2 fully saturated rings. The Morgan fingerprint density at radius 1 is 1.16 bits per heavy atom. The molecule has 0 spiro atoms. The molecule has 0 atom stereocenters. The molecule has 134 valence electrons. The van der Waals surface area contributed by atoms with Gasteiger partial charge in [-0.3, -0.25) is 19.3 Å². The monoisotopic (exact) mass is 365 g/mol. The van der Waals surface area contributed by atoms with E-state index in [1.54, 1.807) is 12.1 Å². The van der Waals surface area contributed by atoms with E-state index in [9.17, 15) is 14.4 Å². The fourth-order valence-corrected chi connectivity index (χ4v) is 2.67. The molecular weight excluding hydrogens is 346 g/mol. The zero-order chi connectivity index (χ0) is 17.8. The molecule has 0 bridgehead atoms. The van der Waals surface area contributed by atoms with Crippen LogP contribution in [0.2, 0.25) is 5.02 Å². The summed E-state index contributed by atoms with van der Waals surface area (Å²) in [6, 6.07) is 3.46. The first-order valence-corrected chi connectivity index (χ1v) is 8.62. The van der Waals surface area contributed by atoms with Crippen LogP contribution in [0, 0.1) is 0 Å². The molecule has 1 aliphatic heterocycles. The zero-order valence-corrected chi connectivity index (χ0v) is 14.5. The minimum Gasteiger partial charge on any atom is -0.345 e. The van der Waals surface area contributed by atoms with E-state index < -0.39 is 11.8 Å². The molecule has 3 amide bonds. The number of pyridine rings is 1. The van der Waals surface area contributed by atoms with E-state index in [4.69, 9.17) is 11.6 Å². The van der Waals surface area contributed by atoms with E-state index in [0.717, 1.165) is 12.8 Å². The minimum atomic E-state index is -0.525. The van der Waals surface area contributed by atoms with Crippen LogP contribution in [0.15, 0.2) is 18.3 Å². The summed E-state index contributed by atoms with van der Waals surface area (Å²) in [6.45, 7) is 2.17. The Morgan fingerprint density at radius 2 is 1.88 bits per heavy atom. The Kier molecular flexibility index (Phi) is 5.50. The van der Waals surface area contributed by atoms with Crippen molar-refractivity contribution in [3.8, 4) is 0 Å². The van der Waals surface area contributed by atoms with Gasteiger partial charge in [0.1, 0.15) is 5.82 Å². The molecule has 0 radical (unpaired) electrons. The number of carbonyl (C=O) groups is 3. The number of carbonyl (C=O) groups excluding carboxylic acids is 3. The van der Waals surface area contributed by atoms with Crippen LogP contribution in [-0.2, 0) is 14.4 Å². The van der Waals surface area contributed by atoms with Gasteiger partial charge in [0.15, 0.2) is 0 Å². The average molecular weight is 366 g/mol. The largest absolute Gasteiger partial charge is 0.345 e. The highest BCUT2D eigenvalue weighted by atomic mass is 35.5. The molecule has 3 rings (SSSR count).